The molecule has 0 aliphatic heterocycles. The zero-order valence-electron chi connectivity index (χ0n) is 15.4. The van der Waals surface area contributed by atoms with Crippen LogP contribution in [0.15, 0.2) is 48.5 Å². The first-order valence-corrected chi connectivity index (χ1v) is 8.40. The molecule has 0 saturated carbocycles. The average molecular weight is 364 g/mol. The van der Waals surface area contributed by atoms with Crippen molar-refractivity contribution in [3.63, 3.8) is 0 Å². The number of aryl methyl sites for hydroxylation is 1. The number of carbonyl (C=O) groups is 1. The Hall–Kier alpha value is -3.41. The summed E-state index contributed by atoms with van der Waals surface area (Å²) < 4.78 is 15.8. The zero-order valence-corrected chi connectivity index (χ0v) is 15.4. The lowest BCUT2D eigenvalue weighted by molar-refractivity contribution is -0.139. The van der Waals surface area contributed by atoms with Gasteiger partial charge in [0.05, 0.1) is 36.6 Å². The quantitative estimate of drug-likeness (QED) is 0.490. The number of methoxy groups -OCH3 is 2. The summed E-state index contributed by atoms with van der Waals surface area (Å²) in [6.07, 6.45) is 2.98. The second kappa shape index (κ2) is 8.31. The summed E-state index contributed by atoms with van der Waals surface area (Å²) >= 11 is 0. The number of esters is 1. The van der Waals surface area contributed by atoms with Gasteiger partial charge in [-0.05, 0) is 43.3 Å². The molecule has 0 aliphatic carbocycles. The fourth-order valence-corrected chi connectivity index (χ4v) is 2.58. The number of hydrogen-bond acceptors (Lipinski definition) is 6. The Balaban J connectivity index is 1.70. The van der Waals surface area contributed by atoms with Gasteiger partial charge in [0.2, 0.25) is 0 Å². The number of para-hydroxylation sites is 2. The van der Waals surface area contributed by atoms with Crippen LogP contribution in [0.3, 0.4) is 0 Å². The molecule has 1 heterocycles. The Kier molecular flexibility index (Phi) is 5.66. The summed E-state index contributed by atoms with van der Waals surface area (Å²) in [7, 11) is 3.15. The third-order valence-electron chi connectivity index (χ3n) is 4.03. The van der Waals surface area contributed by atoms with E-state index in [1.807, 2.05) is 31.2 Å². The molecule has 0 aliphatic rings. The maximum absolute atomic E-state index is 12.1. The Bertz CT molecular complexity index is 999. The Morgan fingerprint density at radius 2 is 1.78 bits per heavy atom. The van der Waals surface area contributed by atoms with Crippen LogP contribution in [-0.2, 0) is 16.1 Å². The van der Waals surface area contributed by atoms with Gasteiger partial charge in [0.25, 0.3) is 0 Å². The van der Waals surface area contributed by atoms with Crippen molar-refractivity contribution in [3.05, 3.63) is 65.5 Å². The first kappa shape index (κ1) is 18.4. The van der Waals surface area contributed by atoms with Crippen molar-refractivity contribution in [1.29, 1.82) is 0 Å². The molecule has 0 fully saturated rings. The minimum absolute atomic E-state index is 0.0576. The molecule has 0 radical (unpaired) electrons. The van der Waals surface area contributed by atoms with E-state index in [-0.39, 0.29) is 6.61 Å². The first-order chi connectivity index (χ1) is 13.1. The molecule has 0 atom stereocenters. The first-order valence-electron chi connectivity index (χ1n) is 8.40. The van der Waals surface area contributed by atoms with E-state index >= 15 is 0 Å². The third kappa shape index (κ3) is 4.41. The molecule has 0 amide bonds. The van der Waals surface area contributed by atoms with Gasteiger partial charge in [-0.1, -0.05) is 12.1 Å². The Labute approximate surface area is 157 Å². The molecule has 6 heteroatoms. The highest BCUT2D eigenvalue weighted by molar-refractivity contribution is 5.87. The van der Waals surface area contributed by atoms with E-state index < -0.39 is 5.97 Å². The molecule has 0 saturated heterocycles. The zero-order chi connectivity index (χ0) is 19.2. The molecular weight excluding hydrogens is 344 g/mol. The fraction of sp³-hybridized carbons (Fsp3) is 0.190. The third-order valence-corrected chi connectivity index (χ3v) is 4.03. The second-order valence-electron chi connectivity index (χ2n) is 5.79. The Morgan fingerprint density at radius 3 is 2.48 bits per heavy atom. The number of ether oxygens (including phenoxy) is 3. The van der Waals surface area contributed by atoms with Crippen molar-refractivity contribution in [3.8, 4) is 11.5 Å². The minimum atomic E-state index is -0.478. The highest BCUT2D eigenvalue weighted by atomic mass is 16.5. The van der Waals surface area contributed by atoms with E-state index in [1.165, 1.54) is 6.08 Å². The topological polar surface area (TPSA) is 70.5 Å². The molecule has 3 aromatic rings. The molecule has 2 aromatic carbocycles. The highest BCUT2D eigenvalue weighted by Crippen LogP contribution is 2.25. The molecule has 6 nitrogen and oxygen atoms in total. The van der Waals surface area contributed by atoms with Crippen molar-refractivity contribution < 1.29 is 19.0 Å². The molecule has 0 unspecified atom stereocenters. The summed E-state index contributed by atoms with van der Waals surface area (Å²) in [5.74, 6) is 0.830. The van der Waals surface area contributed by atoms with Crippen LogP contribution in [0.5, 0.6) is 11.5 Å². The smallest absolute Gasteiger partial charge is 0.331 e. The number of carbonyl (C=O) groups excluding carboxylic acids is 1. The summed E-state index contributed by atoms with van der Waals surface area (Å²) in [4.78, 5) is 21.1. The number of nitrogens with zero attached hydrogens (tertiary/aromatic N) is 2. The van der Waals surface area contributed by atoms with E-state index in [4.69, 9.17) is 14.2 Å². The van der Waals surface area contributed by atoms with E-state index in [0.717, 1.165) is 22.3 Å². The van der Waals surface area contributed by atoms with Crippen LogP contribution in [0.2, 0.25) is 0 Å². The minimum Gasteiger partial charge on any atom is -0.497 e. The number of fused-ring (bicyclic) bond motifs is 1. The summed E-state index contributed by atoms with van der Waals surface area (Å²) in [6.45, 7) is 1.90. The molecule has 0 N–H and O–H groups in total. The standard InChI is InChI=1S/C21H20N2O4/c1-14-19(23-18-7-5-4-6-17(18)22-14)13-27-21(24)11-8-15-12-16(25-2)9-10-20(15)26-3/h4-12H,13H2,1-3H3/b11-8+. The van der Waals surface area contributed by atoms with Crippen LogP contribution in [0, 0.1) is 6.92 Å². The summed E-state index contributed by atoms with van der Waals surface area (Å²) in [6, 6.07) is 12.9. The normalized spacial score (nSPS) is 10.9. The predicted molar refractivity (Wildman–Crippen MR) is 103 cm³/mol. The van der Waals surface area contributed by atoms with Gasteiger partial charge in [-0.2, -0.15) is 0 Å². The maximum atomic E-state index is 12.1. The number of benzene rings is 2. The largest absolute Gasteiger partial charge is 0.497 e. The molecule has 0 bridgehead atoms. The van der Waals surface area contributed by atoms with Crippen LogP contribution in [0.4, 0.5) is 0 Å². The van der Waals surface area contributed by atoms with Gasteiger partial charge in [-0.25, -0.2) is 14.8 Å². The molecule has 0 spiro atoms. The Morgan fingerprint density at radius 1 is 1.04 bits per heavy atom. The van der Waals surface area contributed by atoms with Crippen LogP contribution in [0.1, 0.15) is 17.0 Å². The number of rotatable bonds is 6. The van der Waals surface area contributed by atoms with Crippen LogP contribution in [0.25, 0.3) is 17.1 Å². The van der Waals surface area contributed by atoms with Crippen LogP contribution < -0.4 is 9.47 Å². The van der Waals surface area contributed by atoms with E-state index in [0.29, 0.717) is 17.2 Å². The summed E-state index contributed by atoms with van der Waals surface area (Å²) in [5.41, 5.74) is 3.67. The molecule has 3 rings (SSSR count). The summed E-state index contributed by atoms with van der Waals surface area (Å²) in [5, 5.41) is 0. The van der Waals surface area contributed by atoms with E-state index in [1.54, 1.807) is 38.5 Å². The molecule has 1 aromatic heterocycles. The van der Waals surface area contributed by atoms with Crippen molar-refractivity contribution in [2.24, 2.45) is 0 Å². The van der Waals surface area contributed by atoms with Gasteiger partial charge < -0.3 is 14.2 Å². The SMILES string of the molecule is COc1ccc(OC)c(/C=C/C(=O)OCc2nc3ccccc3nc2C)c1. The van der Waals surface area contributed by atoms with Crippen LogP contribution in [-0.4, -0.2) is 30.2 Å². The van der Waals surface area contributed by atoms with Crippen molar-refractivity contribution in [2.75, 3.05) is 14.2 Å². The molecule has 27 heavy (non-hydrogen) atoms. The maximum Gasteiger partial charge on any atom is 0.331 e. The van der Waals surface area contributed by atoms with Crippen molar-refractivity contribution >= 4 is 23.1 Å². The van der Waals surface area contributed by atoms with Gasteiger partial charge in [-0.15, -0.1) is 0 Å². The molecule has 138 valence electrons. The number of aromatic nitrogens is 2. The van der Waals surface area contributed by atoms with Gasteiger partial charge in [0, 0.05) is 11.6 Å². The highest BCUT2D eigenvalue weighted by Gasteiger charge is 2.08. The lowest BCUT2D eigenvalue weighted by atomic mass is 10.1. The lowest BCUT2D eigenvalue weighted by Crippen LogP contribution is -2.05. The van der Waals surface area contributed by atoms with E-state index in [2.05, 4.69) is 9.97 Å². The van der Waals surface area contributed by atoms with Gasteiger partial charge in [-0.3, -0.25) is 0 Å². The second-order valence-corrected chi connectivity index (χ2v) is 5.79. The average Bonchev–Trinajstić information content (AvgIpc) is 2.70. The van der Waals surface area contributed by atoms with Gasteiger partial charge >= 0.3 is 5.97 Å². The van der Waals surface area contributed by atoms with Crippen molar-refractivity contribution in [2.45, 2.75) is 13.5 Å². The van der Waals surface area contributed by atoms with Gasteiger partial charge in [0.1, 0.15) is 18.1 Å². The predicted octanol–water partition coefficient (Wildman–Crippen LogP) is 3.71. The van der Waals surface area contributed by atoms with Crippen LogP contribution >= 0.6 is 0 Å². The lowest BCUT2D eigenvalue weighted by Gasteiger charge is -2.08. The van der Waals surface area contributed by atoms with Crippen molar-refractivity contribution in [1.82, 2.24) is 9.97 Å². The fourth-order valence-electron chi connectivity index (χ4n) is 2.58. The van der Waals surface area contributed by atoms with E-state index in [9.17, 15) is 4.79 Å². The monoisotopic (exact) mass is 364 g/mol. The number of hydrogen-bond donors (Lipinski definition) is 0. The molecular formula is C21H20N2O4. The van der Waals surface area contributed by atoms with Gasteiger partial charge in [0.15, 0.2) is 0 Å².